The Labute approximate surface area is 114 Å². The van der Waals surface area contributed by atoms with Gasteiger partial charge in [0, 0.05) is 0 Å². The van der Waals surface area contributed by atoms with Gasteiger partial charge in [-0.15, -0.1) is 0 Å². The van der Waals surface area contributed by atoms with Crippen LogP contribution in [0.2, 0.25) is 0 Å². The first kappa shape index (κ1) is 12.2. The van der Waals surface area contributed by atoms with Crippen molar-refractivity contribution in [2.75, 3.05) is 6.61 Å². The number of ether oxygens (including phenoxy) is 1. The van der Waals surface area contributed by atoms with Gasteiger partial charge in [0.05, 0.1) is 12.1 Å². The van der Waals surface area contributed by atoms with Crippen molar-refractivity contribution in [1.82, 2.24) is 0 Å². The van der Waals surface area contributed by atoms with Crippen LogP contribution in [0.15, 0.2) is 48.5 Å². The summed E-state index contributed by atoms with van der Waals surface area (Å²) in [7, 11) is 0. The molecule has 0 saturated carbocycles. The van der Waals surface area contributed by atoms with E-state index in [0.717, 1.165) is 24.2 Å². The molecule has 1 atom stereocenters. The van der Waals surface area contributed by atoms with Crippen molar-refractivity contribution >= 4 is 0 Å². The molecule has 0 heterocycles. The molecular weight excluding hydrogens is 234 g/mol. The topological polar surface area (TPSA) is 35.2 Å². The summed E-state index contributed by atoms with van der Waals surface area (Å²) in [6, 6.07) is 16.7. The van der Waals surface area contributed by atoms with Crippen molar-refractivity contribution in [2.45, 2.75) is 25.3 Å². The van der Waals surface area contributed by atoms with Gasteiger partial charge in [0.1, 0.15) is 5.75 Å². The number of rotatable bonds is 3. The van der Waals surface area contributed by atoms with Crippen LogP contribution in [0.5, 0.6) is 5.75 Å². The molecular formula is C17H19NO. The van der Waals surface area contributed by atoms with Crippen LogP contribution >= 0.6 is 0 Å². The second kappa shape index (κ2) is 4.71. The summed E-state index contributed by atoms with van der Waals surface area (Å²) in [4.78, 5) is 0. The summed E-state index contributed by atoms with van der Waals surface area (Å²) in [5.74, 6) is 0.897. The molecule has 2 heteroatoms. The number of benzene rings is 2. The van der Waals surface area contributed by atoms with Crippen molar-refractivity contribution in [3.63, 3.8) is 0 Å². The molecule has 1 aliphatic carbocycles. The van der Waals surface area contributed by atoms with Crippen LogP contribution in [0.1, 0.15) is 30.0 Å². The molecule has 0 aromatic heterocycles. The van der Waals surface area contributed by atoms with Gasteiger partial charge in [0.25, 0.3) is 0 Å². The van der Waals surface area contributed by atoms with E-state index in [1.54, 1.807) is 0 Å². The minimum Gasteiger partial charge on any atom is -0.494 e. The Morgan fingerprint density at radius 3 is 2.84 bits per heavy atom. The Kier molecular flexibility index (Phi) is 3.03. The quantitative estimate of drug-likeness (QED) is 0.911. The summed E-state index contributed by atoms with van der Waals surface area (Å²) in [6.45, 7) is 2.67. The van der Waals surface area contributed by atoms with Crippen LogP contribution in [0.4, 0.5) is 0 Å². The third-order valence-corrected chi connectivity index (χ3v) is 3.95. The van der Waals surface area contributed by atoms with Crippen molar-refractivity contribution in [1.29, 1.82) is 0 Å². The molecule has 0 spiro atoms. The van der Waals surface area contributed by atoms with Crippen LogP contribution in [-0.4, -0.2) is 6.61 Å². The number of nitrogens with two attached hydrogens (primary N) is 1. The number of fused-ring (bicyclic) bond motifs is 1. The van der Waals surface area contributed by atoms with Gasteiger partial charge in [-0.05, 0) is 48.6 Å². The Morgan fingerprint density at radius 1 is 1.16 bits per heavy atom. The van der Waals surface area contributed by atoms with E-state index < -0.39 is 0 Å². The van der Waals surface area contributed by atoms with Crippen LogP contribution in [-0.2, 0) is 12.0 Å². The fraction of sp³-hybridized carbons (Fsp3) is 0.294. The second-order valence-electron chi connectivity index (χ2n) is 5.09. The molecule has 0 saturated heterocycles. The summed E-state index contributed by atoms with van der Waals surface area (Å²) in [6.07, 6.45) is 2.01. The zero-order valence-corrected chi connectivity index (χ0v) is 11.2. The molecule has 2 aromatic rings. The molecule has 1 aliphatic rings. The van der Waals surface area contributed by atoms with Crippen molar-refractivity contribution in [3.05, 3.63) is 65.2 Å². The predicted molar refractivity (Wildman–Crippen MR) is 77.3 cm³/mol. The minimum absolute atomic E-state index is 0.371. The van der Waals surface area contributed by atoms with Crippen LogP contribution in [0.3, 0.4) is 0 Å². The maximum Gasteiger partial charge on any atom is 0.119 e. The van der Waals surface area contributed by atoms with Gasteiger partial charge in [-0.2, -0.15) is 0 Å². The zero-order chi connectivity index (χ0) is 13.3. The lowest BCUT2D eigenvalue weighted by Crippen LogP contribution is -2.35. The zero-order valence-electron chi connectivity index (χ0n) is 11.2. The van der Waals surface area contributed by atoms with Crippen molar-refractivity contribution in [2.24, 2.45) is 5.73 Å². The Hall–Kier alpha value is -1.80. The predicted octanol–water partition coefficient (Wildman–Crippen LogP) is 3.23. The molecule has 0 aliphatic heterocycles. The van der Waals surface area contributed by atoms with Crippen LogP contribution in [0.25, 0.3) is 0 Å². The van der Waals surface area contributed by atoms with E-state index in [1.165, 1.54) is 11.1 Å². The number of aryl methyl sites for hydroxylation is 1. The highest BCUT2D eigenvalue weighted by Crippen LogP contribution is 2.40. The Bertz CT molecular complexity index is 593. The lowest BCUT2D eigenvalue weighted by molar-refractivity contribution is 0.339. The van der Waals surface area contributed by atoms with Gasteiger partial charge in [0.2, 0.25) is 0 Å². The van der Waals surface area contributed by atoms with Gasteiger partial charge < -0.3 is 10.5 Å². The van der Waals surface area contributed by atoms with Gasteiger partial charge in [-0.1, -0.05) is 36.4 Å². The van der Waals surface area contributed by atoms with E-state index in [1.807, 2.05) is 19.1 Å². The standard InChI is InChI=1S/C17H19NO/c1-2-19-15-8-5-7-14(12-15)17(18)11-10-13-6-3-4-9-16(13)17/h3-9,12H,2,10-11,18H2,1H3. The molecule has 98 valence electrons. The number of hydrogen-bond donors (Lipinski definition) is 1. The molecule has 0 amide bonds. The van der Waals surface area contributed by atoms with E-state index in [0.29, 0.717) is 6.61 Å². The monoisotopic (exact) mass is 253 g/mol. The highest BCUT2D eigenvalue weighted by atomic mass is 16.5. The molecule has 2 nitrogen and oxygen atoms in total. The molecule has 0 fully saturated rings. The highest BCUT2D eigenvalue weighted by Gasteiger charge is 2.36. The summed E-state index contributed by atoms with van der Waals surface area (Å²) >= 11 is 0. The van der Waals surface area contributed by atoms with E-state index in [4.69, 9.17) is 10.5 Å². The van der Waals surface area contributed by atoms with Gasteiger partial charge in [-0.25, -0.2) is 0 Å². The van der Waals surface area contributed by atoms with Crippen molar-refractivity contribution < 1.29 is 4.74 Å². The molecule has 3 rings (SSSR count). The van der Waals surface area contributed by atoms with E-state index in [2.05, 4.69) is 36.4 Å². The minimum atomic E-state index is -0.371. The SMILES string of the molecule is CCOc1cccc(C2(N)CCc3ccccc32)c1. The first-order chi connectivity index (χ1) is 9.24. The van der Waals surface area contributed by atoms with E-state index in [9.17, 15) is 0 Å². The van der Waals surface area contributed by atoms with E-state index >= 15 is 0 Å². The van der Waals surface area contributed by atoms with Gasteiger partial charge in [0.15, 0.2) is 0 Å². The largest absolute Gasteiger partial charge is 0.494 e. The molecule has 0 bridgehead atoms. The van der Waals surface area contributed by atoms with Crippen LogP contribution in [0, 0.1) is 0 Å². The lowest BCUT2D eigenvalue weighted by Gasteiger charge is -2.26. The summed E-state index contributed by atoms with van der Waals surface area (Å²) < 4.78 is 5.58. The van der Waals surface area contributed by atoms with Gasteiger partial charge in [-0.3, -0.25) is 0 Å². The van der Waals surface area contributed by atoms with Crippen LogP contribution < -0.4 is 10.5 Å². The average molecular weight is 253 g/mol. The lowest BCUT2D eigenvalue weighted by atomic mass is 9.85. The summed E-state index contributed by atoms with van der Waals surface area (Å²) in [5.41, 5.74) is 10.1. The molecule has 2 aromatic carbocycles. The normalized spacial score (nSPS) is 21.2. The smallest absolute Gasteiger partial charge is 0.119 e. The molecule has 19 heavy (non-hydrogen) atoms. The highest BCUT2D eigenvalue weighted by molar-refractivity contribution is 5.48. The Balaban J connectivity index is 2.04. The Morgan fingerprint density at radius 2 is 2.00 bits per heavy atom. The fourth-order valence-corrected chi connectivity index (χ4v) is 2.97. The first-order valence-corrected chi connectivity index (χ1v) is 6.84. The van der Waals surface area contributed by atoms with E-state index in [-0.39, 0.29) is 5.54 Å². The molecule has 0 radical (unpaired) electrons. The molecule has 1 unspecified atom stereocenters. The first-order valence-electron chi connectivity index (χ1n) is 6.84. The maximum atomic E-state index is 6.70. The third-order valence-electron chi connectivity index (χ3n) is 3.95. The van der Waals surface area contributed by atoms with Gasteiger partial charge >= 0.3 is 0 Å². The fourth-order valence-electron chi connectivity index (χ4n) is 2.97. The molecule has 2 N–H and O–H groups in total. The maximum absolute atomic E-state index is 6.70. The number of hydrogen-bond acceptors (Lipinski definition) is 2. The van der Waals surface area contributed by atoms with Crippen molar-refractivity contribution in [3.8, 4) is 5.75 Å². The third kappa shape index (κ3) is 2.02. The summed E-state index contributed by atoms with van der Waals surface area (Å²) in [5, 5.41) is 0. The second-order valence-corrected chi connectivity index (χ2v) is 5.09. The average Bonchev–Trinajstić information content (AvgIpc) is 2.79.